The molecular weight excluding hydrogens is 264 g/mol. The van der Waals surface area contributed by atoms with Crippen LogP contribution in [0.4, 0.5) is 0 Å². The number of nitrogens with two attached hydrogens (primary N) is 1. The van der Waals surface area contributed by atoms with Crippen molar-refractivity contribution in [3.8, 4) is 5.75 Å². The first-order valence-corrected chi connectivity index (χ1v) is 7.69. The molecule has 2 N–H and O–H groups in total. The van der Waals surface area contributed by atoms with Crippen molar-refractivity contribution in [3.05, 3.63) is 41.4 Å². The maximum Gasteiger partial charge on any atom is 0.149 e. The van der Waals surface area contributed by atoms with Crippen LogP contribution >= 0.6 is 23.1 Å². The molecule has 0 atom stereocenters. The second kappa shape index (κ2) is 7.41. The van der Waals surface area contributed by atoms with Crippen molar-refractivity contribution < 1.29 is 4.74 Å². The number of nitrogens with zero attached hydrogens (tertiary/aromatic N) is 1. The molecule has 0 saturated heterocycles. The number of thioether (sulfide) groups is 1. The Hall–Kier alpha value is -1.04. The molecule has 3 nitrogen and oxygen atoms in total. The summed E-state index contributed by atoms with van der Waals surface area (Å²) in [5, 5.41) is 2.00. The molecule has 1 aromatic heterocycles. The van der Waals surface area contributed by atoms with Gasteiger partial charge in [0, 0.05) is 23.9 Å². The van der Waals surface area contributed by atoms with Crippen molar-refractivity contribution in [2.75, 3.05) is 12.4 Å². The second-order valence-corrected chi connectivity index (χ2v) is 5.93. The molecule has 2 rings (SSSR count). The Bertz CT molecular complexity index is 443. The number of hydrogen-bond acceptors (Lipinski definition) is 5. The number of rotatable bonds is 7. The number of benzene rings is 1. The van der Waals surface area contributed by atoms with Crippen molar-refractivity contribution in [1.82, 2.24) is 4.98 Å². The smallest absolute Gasteiger partial charge is 0.149 e. The average molecular weight is 280 g/mol. The molecule has 0 aliphatic heterocycles. The van der Waals surface area contributed by atoms with Gasteiger partial charge in [-0.05, 0) is 24.1 Å². The molecule has 0 amide bonds. The number of hydrogen-bond donors (Lipinski definition) is 1. The Morgan fingerprint density at radius 1 is 1.28 bits per heavy atom. The van der Waals surface area contributed by atoms with Gasteiger partial charge in [-0.2, -0.15) is 0 Å². The summed E-state index contributed by atoms with van der Waals surface area (Å²) in [5.41, 5.74) is 6.66. The fraction of sp³-hybridized carbons (Fsp3) is 0.308. The Labute approximate surface area is 115 Å². The van der Waals surface area contributed by atoms with Crippen LogP contribution in [0.3, 0.4) is 0 Å². The van der Waals surface area contributed by atoms with Crippen LogP contribution in [0.25, 0.3) is 0 Å². The Morgan fingerprint density at radius 3 is 2.78 bits per heavy atom. The standard InChI is InChI=1S/C13H16N2OS2/c14-10-11-2-4-12(5-3-11)16-7-1-8-17-13-15-6-9-18-13/h2-6,9H,1,7-8,10,14H2. The van der Waals surface area contributed by atoms with E-state index in [-0.39, 0.29) is 0 Å². The first-order chi connectivity index (χ1) is 8.88. The lowest BCUT2D eigenvalue weighted by Crippen LogP contribution is -2.00. The van der Waals surface area contributed by atoms with E-state index in [1.54, 1.807) is 23.1 Å². The Balaban J connectivity index is 1.62. The zero-order chi connectivity index (χ0) is 12.6. The SMILES string of the molecule is NCc1ccc(OCCCSc2nccs2)cc1. The van der Waals surface area contributed by atoms with Crippen molar-refractivity contribution in [2.24, 2.45) is 5.73 Å². The van der Waals surface area contributed by atoms with Crippen LogP contribution in [0.1, 0.15) is 12.0 Å². The van der Waals surface area contributed by atoms with Gasteiger partial charge < -0.3 is 10.5 Å². The summed E-state index contributed by atoms with van der Waals surface area (Å²) in [6.45, 7) is 1.31. The van der Waals surface area contributed by atoms with Crippen molar-refractivity contribution in [2.45, 2.75) is 17.3 Å². The average Bonchev–Trinajstić information content (AvgIpc) is 2.92. The third-order valence-corrected chi connectivity index (χ3v) is 4.40. The summed E-state index contributed by atoms with van der Waals surface area (Å²) >= 11 is 3.46. The maximum absolute atomic E-state index is 5.65. The summed E-state index contributed by atoms with van der Waals surface area (Å²) in [7, 11) is 0. The lowest BCUT2D eigenvalue weighted by Gasteiger charge is -2.06. The van der Waals surface area contributed by atoms with Gasteiger partial charge in [0.25, 0.3) is 0 Å². The van der Waals surface area contributed by atoms with Gasteiger partial charge in [0.1, 0.15) is 10.1 Å². The third-order valence-electron chi connectivity index (χ3n) is 2.35. The molecule has 2 aromatic rings. The van der Waals surface area contributed by atoms with Crippen LogP contribution in [0, 0.1) is 0 Å². The topological polar surface area (TPSA) is 48.1 Å². The molecule has 1 heterocycles. The van der Waals surface area contributed by atoms with Gasteiger partial charge in [-0.1, -0.05) is 23.9 Å². The summed E-state index contributed by atoms with van der Waals surface area (Å²) in [5.74, 6) is 1.94. The first-order valence-electron chi connectivity index (χ1n) is 5.82. The van der Waals surface area contributed by atoms with E-state index in [0.717, 1.165) is 34.4 Å². The minimum Gasteiger partial charge on any atom is -0.494 e. The van der Waals surface area contributed by atoms with Crippen molar-refractivity contribution >= 4 is 23.1 Å². The van der Waals surface area contributed by atoms with Gasteiger partial charge in [0.15, 0.2) is 0 Å². The molecule has 0 spiro atoms. The van der Waals surface area contributed by atoms with Gasteiger partial charge >= 0.3 is 0 Å². The Kier molecular flexibility index (Phi) is 5.51. The first kappa shape index (κ1) is 13.4. The maximum atomic E-state index is 5.65. The van der Waals surface area contributed by atoms with Gasteiger partial charge in [-0.25, -0.2) is 4.98 Å². The molecule has 1 aromatic carbocycles. The highest BCUT2D eigenvalue weighted by atomic mass is 32.2. The van der Waals surface area contributed by atoms with Gasteiger partial charge in [-0.3, -0.25) is 0 Å². The molecule has 0 aliphatic rings. The van der Waals surface area contributed by atoms with Crippen molar-refractivity contribution in [1.29, 1.82) is 0 Å². The minimum absolute atomic E-state index is 0.574. The van der Waals surface area contributed by atoms with Gasteiger partial charge in [0.05, 0.1) is 6.61 Å². The van der Waals surface area contributed by atoms with Crippen LogP contribution in [0.5, 0.6) is 5.75 Å². The molecule has 0 unspecified atom stereocenters. The van der Waals surface area contributed by atoms with E-state index in [1.165, 1.54) is 0 Å². The number of aromatic nitrogens is 1. The van der Waals surface area contributed by atoms with E-state index < -0.39 is 0 Å². The second-order valence-electron chi connectivity index (χ2n) is 3.70. The van der Waals surface area contributed by atoms with Gasteiger partial charge in [-0.15, -0.1) is 11.3 Å². The molecule has 0 radical (unpaired) electrons. The minimum atomic E-state index is 0.574. The molecule has 0 fully saturated rings. The highest BCUT2D eigenvalue weighted by Crippen LogP contribution is 2.20. The summed E-state index contributed by atoms with van der Waals surface area (Å²) in [4.78, 5) is 4.22. The fourth-order valence-corrected chi connectivity index (χ4v) is 3.03. The molecule has 0 saturated carbocycles. The summed E-state index contributed by atoms with van der Waals surface area (Å²) in [6.07, 6.45) is 2.85. The highest BCUT2D eigenvalue weighted by molar-refractivity contribution is 8.00. The summed E-state index contributed by atoms with van der Waals surface area (Å²) in [6, 6.07) is 7.94. The lowest BCUT2D eigenvalue weighted by molar-refractivity contribution is 0.318. The molecule has 0 bridgehead atoms. The highest BCUT2D eigenvalue weighted by Gasteiger charge is 1.97. The molecule has 18 heavy (non-hydrogen) atoms. The number of thiazole rings is 1. The lowest BCUT2D eigenvalue weighted by atomic mass is 10.2. The van der Waals surface area contributed by atoms with E-state index in [4.69, 9.17) is 10.5 Å². The normalized spacial score (nSPS) is 10.5. The zero-order valence-electron chi connectivity index (χ0n) is 10.0. The predicted molar refractivity (Wildman–Crippen MR) is 77.3 cm³/mol. The van der Waals surface area contributed by atoms with E-state index in [1.807, 2.05) is 35.8 Å². The van der Waals surface area contributed by atoms with Crippen LogP contribution in [-0.4, -0.2) is 17.3 Å². The number of ether oxygens (including phenoxy) is 1. The Morgan fingerprint density at radius 2 is 2.11 bits per heavy atom. The van der Waals surface area contributed by atoms with Crippen LogP contribution in [0.2, 0.25) is 0 Å². The monoisotopic (exact) mass is 280 g/mol. The largest absolute Gasteiger partial charge is 0.494 e. The third kappa shape index (κ3) is 4.33. The molecular formula is C13H16N2OS2. The van der Waals surface area contributed by atoms with E-state index in [2.05, 4.69) is 4.98 Å². The fourth-order valence-electron chi connectivity index (χ4n) is 1.41. The predicted octanol–water partition coefficient (Wildman–Crippen LogP) is 3.16. The quantitative estimate of drug-likeness (QED) is 0.625. The van der Waals surface area contributed by atoms with E-state index in [9.17, 15) is 0 Å². The van der Waals surface area contributed by atoms with Crippen molar-refractivity contribution in [3.63, 3.8) is 0 Å². The van der Waals surface area contributed by atoms with Crippen LogP contribution < -0.4 is 10.5 Å². The zero-order valence-corrected chi connectivity index (χ0v) is 11.7. The van der Waals surface area contributed by atoms with E-state index >= 15 is 0 Å². The van der Waals surface area contributed by atoms with E-state index in [0.29, 0.717) is 6.54 Å². The van der Waals surface area contributed by atoms with Crippen LogP contribution in [-0.2, 0) is 6.54 Å². The molecule has 5 heteroatoms. The van der Waals surface area contributed by atoms with Crippen LogP contribution in [0.15, 0.2) is 40.2 Å². The van der Waals surface area contributed by atoms with Gasteiger partial charge in [0.2, 0.25) is 0 Å². The molecule has 96 valence electrons. The summed E-state index contributed by atoms with van der Waals surface area (Å²) < 4.78 is 6.78. The molecule has 0 aliphatic carbocycles.